The monoisotopic (exact) mass is 373 g/mol. The van der Waals surface area contributed by atoms with Gasteiger partial charge in [-0.25, -0.2) is 0 Å². The highest BCUT2D eigenvalue weighted by Gasteiger charge is 2.40. The molecule has 3 heterocycles. The van der Waals surface area contributed by atoms with E-state index in [0.717, 1.165) is 53.8 Å². The summed E-state index contributed by atoms with van der Waals surface area (Å²) in [5, 5.41) is 4.60. The predicted octanol–water partition coefficient (Wildman–Crippen LogP) is 4.29. The number of hydrogen-bond donors (Lipinski definition) is 1. The summed E-state index contributed by atoms with van der Waals surface area (Å²) < 4.78 is 2.28. The molecule has 4 heteroatoms. The van der Waals surface area contributed by atoms with Crippen molar-refractivity contribution in [3.63, 3.8) is 0 Å². The summed E-state index contributed by atoms with van der Waals surface area (Å²) in [4.78, 5) is 14.6. The van der Waals surface area contributed by atoms with E-state index in [2.05, 4.69) is 78.0 Å². The molecule has 0 radical (unpaired) electrons. The molecule has 0 spiro atoms. The molecule has 28 heavy (non-hydrogen) atoms. The fourth-order valence-electron chi connectivity index (χ4n) is 4.84. The largest absolute Gasteiger partial charge is 0.351 e. The highest BCUT2D eigenvalue weighted by atomic mass is 16.1. The van der Waals surface area contributed by atoms with E-state index in [0.29, 0.717) is 12.1 Å². The van der Waals surface area contributed by atoms with Crippen LogP contribution in [0.3, 0.4) is 0 Å². The van der Waals surface area contributed by atoms with Gasteiger partial charge in [-0.2, -0.15) is 0 Å². The number of piperazine rings is 1. The quantitative estimate of drug-likeness (QED) is 0.696. The van der Waals surface area contributed by atoms with E-state index in [1.54, 1.807) is 0 Å². The van der Waals surface area contributed by atoms with Crippen LogP contribution in [0.2, 0.25) is 0 Å². The topological polar surface area (TPSA) is 37.3 Å². The lowest BCUT2D eigenvalue weighted by atomic mass is 9.87. The van der Waals surface area contributed by atoms with Crippen LogP contribution in [-0.4, -0.2) is 36.0 Å². The Morgan fingerprint density at radius 2 is 1.82 bits per heavy atom. The highest BCUT2D eigenvalue weighted by molar-refractivity contribution is 6.05. The zero-order valence-electron chi connectivity index (χ0n) is 16.8. The Balaban J connectivity index is 1.73. The summed E-state index contributed by atoms with van der Waals surface area (Å²) in [7, 11) is 0. The molecule has 2 fully saturated rings. The minimum absolute atomic E-state index is 0.119. The van der Waals surface area contributed by atoms with Gasteiger partial charge in [-0.05, 0) is 35.6 Å². The number of nitrogens with zero attached hydrogens (tertiary/aromatic N) is 2. The highest BCUT2D eigenvalue weighted by Crippen LogP contribution is 2.39. The van der Waals surface area contributed by atoms with Gasteiger partial charge in [0.25, 0.3) is 0 Å². The van der Waals surface area contributed by atoms with Gasteiger partial charge in [0.05, 0.1) is 11.1 Å². The van der Waals surface area contributed by atoms with E-state index in [9.17, 15) is 4.79 Å². The molecule has 1 aromatic heterocycles. The fourth-order valence-corrected chi connectivity index (χ4v) is 4.84. The fraction of sp³-hybridized carbons (Fsp3) is 0.375. The maximum Gasteiger partial charge on any atom is 0.154 e. The lowest BCUT2D eigenvalue weighted by molar-refractivity contribution is 0.112. The van der Waals surface area contributed by atoms with Crippen LogP contribution in [0.1, 0.15) is 43.1 Å². The molecule has 2 atom stereocenters. The maximum atomic E-state index is 12.2. The Hall–Kier alpha value is -2.59. The molecule has 144 valence electrons. The van der Waals surface area contributed by atoms with Gasteiger partial charge in [-0.1, -0.05) is 51.1 Å². The Kier molecular flexibility index (Phi) is 3.88. The summed E-state index contributed by atoms with van der Waals surface area (Å²) >= 11 is 0. The number of carbonyl (C=O) groups excluding carboxylic acids is 1. The second-order valence-corrected chi connectivity index (χ2v) is 9.15. The van der Waals surface area contributed by atoms with Crippen LogP contribution in [0.15, 0.2) is 48.5 Å². The van der Waals surface area contributed by atoms with Crippen molar-refractivity contribution in [3.8, 4) is 5.69 Å². The number of benzene rings is 2. The average molecular weight is 374 g/mol. The molecule has 2 aliphatic heterocycles. The summed E-state index contributed by atoms with van der Waals surface area (Å²) in [6, 6.07) is 18.1. The Morgan fingerprint density at radius 3 is 2.43 bits per heavy atom. The molecule has 3 aromatic rings. The van der Waals surface area contributed by atoms with Gasteiger partial charge in [-0.15, -0.1) is 0 Å². The predicted molar refractivity (Wildman–Crippen MR) is 115 cm³/mol. The van der Waals surface area contributed by atoms with Crippen molar-refractivity contribution in [1.29, 1.82) is 0 Å². The molecule has 0 aliphatic carbocycles. The molecule has 0 amide bonds. The lowest BCUT2D eigenvalue weighted by Crippen LogP contribution is -2.44. The number of fused-ring (bicyclic) bond motifs is 3. The van der Waals surface area contributed by atoms with Crippen molar-refractivity contribution < 1.29 is 4.79 Å². The van der Waals surface area contributed by atoms with Crippen LogP contribution in [-0.2, 0) is 5.41 Å². The number of aldehydes is 1. The number of nitrogens with one attached hydrogen (secondary N) is 1. The zero-order chi connectivity index (χ0) is 19.5. The Morgan fingerprint density at radius 1 is 1.07 bits per heavy atom. The molecule has 5 rings (SSSR count). The first-order valence-corrected chi connectivity index (χ1v) is 10.2. The first-order chi connectivity index (χ1) is 13.5. The third kappa shape index (κ3) is 2.59. The lowest BCUT2D eigenvalue weighted by Gasteiger charge is -2.31. The molecule has 2 bridgehead atoms. The Bertz CT molecular complexity index is 1040. The van der Waals surface area contributed by atoms with E-state index < -0.39 is 0 Å². The smallest absolute Gasteiger partial charge is 0.154 e. The molecular formula is C24H27N3O. The third-order valence-corrected chi connectivity index (χ3v) is 6.33. The van der Waals surface area contributed by atoms with Gasteiger partial charge in [0, 0.05) is 36.2 Å². The number of anilines is 1. The molecule has 1 N–H and O–H groups in total. The van der Waals surface area contributed by atoms with Crippen molar-refractivity contribution >= 4 is 23.0 Å². The van der Waals surface area contributed by atoms with E-state index in [1.165, 1.54) is 5.56 Å². The zero-order valence-corrected chi connectivity index (χ0v) is 16.8. The van der Waals surface area contributed by atoms with Gasteiger partial charge in [0.2, 0.25) is 0 Å². The normalized spacial score (nSPS) is 21.6. The Labute approximate surface area is 166 Å². The van der Waals surface area contributed by atoms with E-state index in [4.69, 9.17) is 0 Å². The molecule has 2 unspecified atom stereocenters. The molecule has 2 saturated heterocycles. The number of carbonyl (C=O) groups is 1. The van der Waals surface area contributed by atoms with Crippen LogP contribution in [0.5, 0.6) is 0 Å². The van der Waals surface area contributed by atoms with Crippen LogP contribution >= 0.6 is 0 Å². The second kappa shape index (κ2) is 6.21. The molecule has 4 nitrogen and oxygen atoms in total. The van der Waals surface area contributed by atoms with E-state index >= 15 is 0 Å². The second-order valence-electron chi connectivity index (χ2n) is 9.15. The van der Waals surface area contributed by atoms with Crippen molar-refractivity contribution in [2.45, 2.75) is 44.7 Å². The number of hydrogen-bond acceptors (Lipinski definition) is 3. The minimum Gasteiger partial charge on any atom is -0.351 e. The minimum atomic E-state index is 0.119. The molecular weight excluding hydrogens is 346 g/mol. The summed E-state index contributed by atoms with van der Waals surface area (Å²) in [6.45, 7) is 8.65. The molecule has 0 saturated carbocycles. The molecule has 2 aliphatic rings. The van der Waals surface area contributed by atoms with Crippen LogP contribution < -0.4 is 10.2 Å². The molecule has 2 aromatic carbocycles. The first kappa shape index (κ1) is 17.5. The van der Waals surface area contributed by atoms with Gasteiger partial charge < -0.3 is 10.2 Å². The number of aromatic nitrogens is 1. The number of para-hydroxylation sites is 1. The van der Waals surface area contributed by atoms with Crippen molar-refractivity contribution in [1.82, 2.24) is 9.88 Å². The average Bonchev–Trinajstić information content (AvgIpc) is 3.39. The summed E-state index contributed by atoms with van der Waals surface area (Å²) in [6.07, 6.45) is 2.19. The third-order valence-electron chi connectivity index (χ3n) is 6.33. The van der Waals surface area contributed by atoms with E-state index in [-0.39, 0.29) is 5.41 Å². The van der Waals surface area contributed by atoms with Crippen LogP contribution in [0.25, 0.3) is 16.6 Å². The van der Waals surface area contributed by atoms with Gasteiger partial charge >= 0.3 is 0 Å². The summed E-state index contributed by atoms with van der Waals surface area (Å²) in [5.41, 5.74) is 4.45. The van der Waals surface area contributed by atoms with Gasteiger partial charge in [-0.3, -0.25) is 9.36 Å². The van der Waals surface area contributed by atoms with Crippen molar-refractivity contribution in [3.05, 3.63) is 59.7 Å². The van der Waals surface area contributed by atoms with Crippen molar-refractivity contribution in [2.24, 2.45) is 0 Å². The van der Waals surface area contributed by atoms with Gasteiger partial charge in [0.15, 0.2) is 6.29 Å². The van der Waals surface area contributed by atoms with Crippen LogP contribution in [0.4, 0.5) is 5.82 Å². The standard InChI is InChI=1S/C24H27N3O/c1-24(2,3)16-8-10-18(11-9-16)27-22-7-5-4-6-20(22)21(15-28)23(27)26-14-17-12-19(26)13-25-17/h4-11,15,17,19,25H,12-14H2,1-3H3. The SMILES string of the molecule is CC(C)(C)c1ccc(-n2c(N3CC4CC3CN4)c(C=O)c3ccccc32)cc1. The number of rotatable bonds is 3. The van der Waals surface area contributed by atoms with Crippen molar-refractivity contribution in [2.75, 3.05) is 18.0 Å². The maximum absolute atomic E-state index is 12.2. The first-order valence-electron chi connectivity index (χ1n) is 10.2. The van der Waals surface area contributed by atoms with Crippen LogP contribution in [0, 0.1) is 0 Å². The summed E-state index contributed by atoms with van der Waals surface area (Å²) in [5.74, 6) is 1.05. The van der Waals surface area contributed by atoms with E-state index in [1.807, 2.05) is 6.07 Å². The van der Waals surface area contributed by atoms with Gasteiger partial charge in [0.1, 0.15) is 5.82 Å².